The molecule has 15 heavy (non-hydrogen) atoms. The highest BCUT2D eigenvalue weighted by atomic mass is 79.9. The van der Waals surface area contributed by atoms with Gasteiger partial charge in [-0.05, 0) is 24.3 Å². The van der Waals surface area contributed by atoms with E-state index in [0.717, 1.165) is 4.47 Å². The van der Waals surface area contributed by atoms with Crippen LogP contribution in [-0.2, 0) is 4.74 Å². The lowest BCUT2D eigenvalue weighted by atomic mass is 10.3. The van der Waals surface area contributed by atoms with E-state index in [1.165, 1.54) is 0 Å². The van der Waals surface area contributed by atoms with Crippen molar-refractivity contribution in [2.75, 3.05) is 11.9 Å². The van der Waals surface area contributed by atoms with Crippen LogP contribution in [0.25, 0.3) is 0 Å². The van der Waals surface area contributed by atoms with E-state index in [4.69, 9.17) is 27.9 Å². The van der Waals surface area contributed by atoms with Crippen LogP contribution < -0.4 is 5.32 Å². The summed E-state index contributed by atoms with van der Waals surface area (Å²) in [6.45, 7) is -0.0362. The number of alkyl halides is 2. The fraction of sp³-hybridized carbons (Fsp3) is 0.222. The Labute approximate surface area is 106 Å². The summed E-state index contributed by atoms with van der Waals surface area (Å²) in [5, 5.41) is 2.53. The lowest BCUT2D eigenvalue weighted by Crippen LogP contribution is -2.16. The SMILES string of the molecule is O=C(Nc1ccc(Br)cc1)OCC(Cl)Cl. The quantitative estimate of drug-likeness (QED) is 0.862. The topological polar surface area (TPSA) is 38.3 Å². The molecule has 0 saturated carbocycles. The summed E-state index contributed by atoms with van der Waals surface area (Å²) in [5.74, 6) is 0. The standard InChI is InChI=1S/C9H8BrCl2NO2/c10-6-1-3-7(4-2-6)13-9(14)15-5-8(11)12/h1-4,8H,5H2,(H,13,14). The van der Waals surface area contributed by atoms with Crippen LogP contribution in [0.15, 0.2) is 28.7 Å². The number of rotatable bonds is 3. The normalized spacial score (nSPS) is 10.1. The van der Waals surface area contributed by atoms with Crippen LogP contribution in [0, 0.1) is 0 Å². The summed E-state index contributed by atoms with van der Waals surface area (Å²) < 4.78 is 5.65. The average molecular weight is 313 g/mol. The van der Waals surface area contributed by atoms with Crippen molar-refractivity contribution < 1.29 is 9.53 Å². The lowest BCUT2D eigenvalue weighted by Gasteiger charge is -2.06. The highest BCUT2D eigenvalue weighted by Crippen LogP contribution is 2.14. The molecule has 0 heterocycles. The van der Waals surface area contributed by atoms with Crippen LogP contribution in [-0.4, -0.2) is 17.5 Å². The van der Waals surface area contributed by atoms with Crippen molar-refractivity contribution in [2.45, 2.75) is 4.84 Å². The highest BCUT2D eigenvalue weighted by molar-refractivity contribution is 9.10. The van der Waals surface area contributed by atoms with Gasteiger partial charge in [0, 0.05) is 10.2 Å². The maximum atomic E-state index is 11.1. The van der Waals surface area contributed by atoms with Gasteiger partial charge in [0.15, 0.2) is 0 Å². The molecule has 1 N–H and O–H groups in total. The fourth-order valence-corrected chi connectivity index (χ4v) is 1.22. The number of carbonyl (C=O) groups is 1. The molecule has 1 amide bonds. The van der Waals surface area contributed by atoms with Crippen LogP contribution in [0.1, 0.15) is 0 Å². The van der Waals surface area contributed by atoms with Crippen molar-refractivity contribution in [2.24, 2.45) is 0 Å². The van der Waals surface area contributed by atoms with Crippen molar-refractivity contribution in [3.63, 3.8) is 0 Å². The summed E-state index contributed by atoms with van der Waals surface area (Å²) in [6.07, 6.45) is -0.580. The van der Waals surface area contributed by atoms with Crippen LogP contribution in [0.3, 0.4) is 0 Å². The first-order valence-electron chi connectivity index (χ1n) is 4.05. The number of hydrogen-bond acceptors (Lipinski definition) is 2. The largest absolute Gasteiger partial charge is 0.446 e. The second-order valence-corrected chi connectivity index (χ2v) is 4.81. The van der Waals surface area contributed by atoms with Gasteiger partial charge in [-0.2, -0.15) is 0 Å². The van der Waals surface area contributed by atoms with Crippen LogP contribution in [0.2, 0.25) is 0 Å². The Kier molecular flexibility index (Phi) is 5.22. The zero-order valence-electron chi connectivity index (χ0n) is 7.54. The van der Waals surface area contributed by atoms with Gasteiger partial charge in [-0.25, -0.2) is 4.79 Å². The van der Waals surface area contributed by atoms with Crippen LogP contribution in [0.4, 0.5) is 10.5 Å². The van der Waals surface area contributed by atoms with E-state index in [9.17, 15) is 4.79 Å². The van der Waals surface area contributed by atoms with Gasteiger partial charge < -0.3 is 4.74 Å². The Morgan fingerprint density at radius 1 is 1.40 bits per heavy atom. The zero-order valence-corrected chi connectivity index (χ0v) is 10.6. The van der Waals surface area contributed by atoms with E-state index in [1.807, 2.05) is 12.1 Å². The number of anilines is 1. The maximum Gasteiger partial charge on any atom is 0.411 e. The van der Waals surface area contributed by atoms with Gasteiger partial charge in [0.1, 0.15) is 11.4 Å². The predicted octanol–water partition coefficient (Wildman–Crippen LogP) is 3.80. The number of nitrogens with one attached hydrogen (secondary N) is 1. The molecule has 82 valence electrons. The van der Waals surface area contributed by atoms with Crippen LogP contribution in [0.5, 0.6) is 0 Å². The Morgan fingerprint density at radius 3 is 2.53 bits per heavy atom. The average Bonchev–Trinajstić information content (AvgIpc) is 2.19. The molecule has 0 atom stereocenters. The fourth-order valence-electron chi connectivity index (χ4n) is 0.826. The molecule has 0 aliphatic rings. The molecule has 1 aromatic rings. The number of ether oxygens (including phenoxy) is 1. The van der Waals surface area contributed by atoms with E-state index in [0.29, 0.717) is 5.69 Å². The van der Waals surface area contributed by atoms with Crippen molar-refractivity contribution in [1.82, 2.24) is 0 Å². The first-order chi connectivity index (χ1) is 7.08. The van der Waals surface area contributed by atoms with Crippen molar-refractivity contribution in [3.8, 4) is 0 Å². The number of hydrogen-bond donors (Lipinski definition) is 1. The van der Waals surface area contributed by atoms with Gasteiger partial charge in [0.2, 0.25) is 0 Å². The highest BCUT2D eigenvalue weighted by Gasteiger charge is 2.05. The zero-order chi connectivity index (χ0) is 11.3. The number of benzene rings is 1. The number of amides is 1. The first-order valence-corrected chi connectivity index (χ1v) is 5.72. The maximum absolute atomic E-state index is 11.1. The second kappa shape index (κ2) is 6.20. The minimum atomic E-state index is -0.708. The molecule has 0 aliphatic carbocycles. The molecule has 0 aromatic heterocycles. The second-order valence-electron chi connectivity index (χ2n) is 2.62. The van der Waals surface area contributed by atoms with Crippen molar-refractivity contribution >= 4 is 50.9 Å². The van der Waals surface area contributed by atoms with E-state index in [2.05, 4.69) is 21.2 Å². The smallest absolute Gasteiger partial charge is 0.411 e. The molecule has 0 radical (unpaired) electrons. The third-order valence-electron chi connectivity index (χ3n) is 1.43. The molecular formula is C9H8BrCl2NO2. The van der Waals surface area contributed by atoms with Gasteiger partial charge in [-0.3, -0.25) is 5.32 Å². The molecular weight excluding hydrogens is 305 g/mol. The Hall–Kier alpha value is -0.450. The summed E-state index contributed by atoms with van der Waals surface area (Å²) in [5.41, 5.74) is 0.642. The Bertz CT molecular complexity index is 329. The first kappa shape index (κ1) is 12.6. The molecule has 0 saturated heterocycles. The van der Waals surface area contributed by atoms with E-state index < -0.39 is 10.9 Å². The summed E-state index contributed by atoms with van der Waals surface area (Å²) in [6, 6.07) is 7.09. The van der Waals surface area contributed by atoms with Crippen molar-refractivity contribution in [3.05, 3.63) is 28.7 Å². The van der Waals surface area contributed by atoms with Gasteiger partial charge in [0.25, 0.3) is 0 Å². The molecule has 0 spiro atoms. The van der Waals surface area contributed by atoms with Gasteiger partial charge in [-0.15, -0.1) is 23.2 Å². The molecule has 0 fully saturated rings. The third kappa shape index (κ3) is 5.25. The molecule has 0 bridgehead atoms. The van der Waals surface area contributed by atoms with E-state index >= 15 is 0 Å². The lowest BCUT2D eigenvalue weighted by molar-refractivity contribution is 0.166. The number of carbonyl (C=O) groups excluding carboxylic acids is 1. The van der Waals surface area contributed by atoms with Crippen molar-refractivity contribution in [1.29, 1.82) is 0 Å². The minimum absolute atomic E-state index is 0.0362. The number of halogens is 3. The Balaban J connectivity index is 2.41. The monoisotopic (exact) mass is 311 g/mol. The van der Waals surface area contributed by atoms with Gasteiger partial charge in [0.05, 0.1) is 0 Å². The van der Waals surface area contributed by atoms with E-state index in [-0.39, 0.29) is 6.61 Å². The van der Waals surface area contributed by atoms with Gasteiger partial charge in [-0.1, -0.05) is 15.9 Å². The molecule has 0 unspecified atom stereocenters. The molecule has 1 aromatic carbocycles. The summed E-state index contributed by atoms with van der Waals surface area (Å²) in [7, 11) is 0. The summed E-state index contributed by atoms with van der Waals surface area (Å²) >= 11 is 14.1. The molecule has 0 aliphatic heterocycles. The van der Waals surface area contributed by atoms with Gasteiger partial charge >= 0.3 is 6.09 Å². The third-order valence-corrected chi connectivity index (χ3v) is 2.21. The Morgan fingerprint density at radius 2 is 2.00 bits per heavy atom. The molecule has 1 rings (SSSR count). The minimum Gasteiger partial charge on any atom is -0.446 e. The van der Waals surface area contributed by atoms with E-state index in [1.54, 1.807) is 12.1 Å². The van der Waals surface area contributed by atoms with Crippen LogP contribution >= 0.6 is 39.1 Å². The summed E-state index contributed by atoms with van der Waals surface area (Å²) in [4.78, 5) is 10.4. The predicted molar refractivity (Wildman–Crippen MR) is 64.6 cm³/mol. The molecule has 6 heteroatoms. The molecule has 3 nitrogen and oxygen atoms in total.